The second-order valence-corrected chi connectivity index (χ2v) is 11.9. The van der Waals surface area contributed by atoms with E-state index < -0.39 is 98.8 Å². The molecule has 6 nitrogen and oxygen atoms in total. The fraction of sp³-hybridized carbons (Fsp3) is 0.947. The number of quaternary nitrogens is 1. The highest BCUT2D eigenvalue weighted by Crippen LogP contribution is 2.66. The Hall–Kier alpha value is -2.13. The normalized spacial score (nSPS) is 16.0. The summed E-state index contributed by atoms with van der Waals surface area (Å²) in [5.41, 5.74) is 0. The Morgan fingerprint density at radius 3 is 1.23 bits per heavy atom. The van der Waals surface area contributed by atoms with Gasteiger partial charge < -0.3 is 0 Å². The summed E-state index contributed by atoms with van der Waals surface area (Å²) in [4.78, 5) is 15.6. The molecule has 0 saturated carbocycles. The van der Waals surface area contributed by atoms with Crippen LogP contribution >= 0.6 is 0 Å². The maximum absolute atomic E-state index is 14.0. The molecule has 0 aromatic heterocycles. The van der Waals surface area contributed by atoms with Gasteiger partial charge in [0.2, 0.25) is 10.0 Å². The van der Waals surface area contributed by atoms with Gasteiger partial charge in [-0.15, -0.1) is 4.65 Å². The molecule has 0 aliphatic rings. The summed E-state index contributed by atoms with van der Waals surface area (Å²) in [7, 11) is -2.89. The first-order chi connectivity index (χ1) is 20.1. The molecule has 282 valence electrons. The van der Waals surface area contributed by atoms with Gasteiger partial charge in [0.25, 0.3) is 0 Å². The van der Waals surface area contributed by atoms with Crippen LogP contribution in [-0.2, 0) is 19.7 Å². The molecule has 0 saturated heterocycles. The Balaban J connectivity index is 6.38. The van der Waals surface area contributed by atoms with E-state index in [4.69, 9.17) is 4.84 Å². The van der Waals surface area contributed by atoms with E-state index in [1.807, 2.05) is 0 Å². The van der Waals surface area contributed by atoms with Crippen LogP contribution in [0.5, 0.6) is 0 Å². The Labute approximate surface area is 248 Å². The maximum Gasteiger partial charge on any atom is 0.460 e. The third-order valence-electron chi connectivity index (χ3n) is 5.83. The number of hydrogen-bond acceptors (Lipinski definition) is 4. The van der Waals surface area contributed by atoms with E-state index in [1.165, 1.54) is 18.8 Å². The smallest absolute Gasteiger partial charge is 0.277 e. The zero-order valence-electron chi connectivity index (χ0n) is 23.0. The number of alkyl halides is 21. The average Bonchev–Trinajstić information content (AvgIpc) is 2.83. The van der Waals surface area contributed by atoms with Gasteiger partial charge in [0.15, 0.2) is 0 Å². The SMILES string of the molecule is CC(=O)O[N+](C)(C)CCCNS(=O)(=O)CCC(F)(F)C(F)(F)C(F)(F)C(F)(F)C(F)(F)C(F)(F)C(F)(F)C(F)(F)C(F)(F)C(F)(F)F. The van der Waals surface area contributed by atoms with E-state index in [1.54, 1.807) is 0 Å². The third kappa shape index (κ3) is 7.71. The Bertz CT molecular complexity index is 1230. The molecule has 47 heavy (non-hydrogen) atoms. The van der Waals surface area contributed by atoms with Crippen molar-refractivity contribution in [1.29, 1.82) is 0 Å². The number of nitrogens with zero attached hydrogens (tertiary/aromatic N) is 1. The number of rotatable bonds is 17. The maximum atomic E-state index is 14.0. The summed E-state index contributed by atoms with van der Waals surface area (Å²) in [5.74, 6) is -81.7. The van der Waals surface area contributed by atoms with Crippen molar-refractivity contribution in [2.45, 2.75) is 79.2 Å². The van der Waals surface area contributed by atoms with Crippen molar-refractivity contribution in [2.75, 3.05) is 32.9 Å². The number of nitrogens with one attached hydrogen (secondary N) is 1. The third-order valence-corrected chi connectivity index (χ3v) is 7.22. The highest BCUT2D eigenvalue weighted by Gasteiger charge is 2.97. The summed E-state index contributed by atoms with van der Waals surface area (Å²) >= 11 is 0. The van der Waals surface area contributed by atoms with E-state index in [2.05, 4.69) is 0 Å². The number of hydroxylamine groups is 3. The van der Waals surface area contributed by atoms with Gasteiger partial charge in [-0.1, -0.05) is 0 Å². The summed E-state index contributed by atoms with van der Waals surface area (Å²) in [6, 6.07) is 0. The summed E-state index contributed by atoms with van der Waals surface area (Å²) < 4.78 is 306. The van der Waals surface area contributed by atoms with Crippen molar-refractivity contribution in [3.63, 3.8) is 0 Å². The van der Waals surface area contributed by atoms with E-state index in [9.17, 15) is 105 Å². The van der Waals surface area contributed by atoms with Gasteiger partial charge in [-0.05, 0) is 0 Å². The quantitative estimate of drug-likeness (QED) is 0.0792. The molecular weight excluding hydrogens is 751 g/mol. The molecule has 0 radical (unpaired) electrons. The molecule has 0 aromatic rings. The number of hydrogen-bond donors (Lipinski definition) is 1. The minimum atomic E-state index is -9.29. The molecule has 0 aromatic carbocycles. The highest BCUT2D eigenvalue weighted by atomic mass is 32.2. The van der Waals surface area contributed by atoms with E-state index in [-0.39, 0.29) is 13.0 Å². The van der Waals surface area contributed by atoms with Crippen molar-refractivity contribution < 1.29 is 115 Å². The minimum Gasteiger partial charge on any atom is -0.277 e. The van der Waals surface area contributed by atoms with Crippen LogP contribution in [0.4, 0.5) is 92.2 Å². The summed E-state index contributed by atoms with van der Waals surface area (Å²) in [6.07, 6.45) is -11.7. The van der Waals surface area contributed by atoms with Crippen LogP contribution in [0, 0.1) is 0 Å². The molecule has 0 heterocycles. The van der Waals surface area contributed by atoms with Gasteiger partial charge in [0.1, 0.15) is 20.6 Å². The topological polar surface area (TPSA) is 72.5 Å². The predicted octanol–water partition coefficient (Wildman–Crippen LogP) is 6.52. The molecule has 28 heteroatoms. The van der Waals surface area contributed by atoms with Crippen molar-refractivity contribution >= 4 is 16.0 Å². The van der Waals surface area contributed by atoms with Crippen molar-refractivity contribution in [2.24, 2.45) is 0 Å². The molecule has 0 atom stereocenters. The van der Waals surface area contributed by atoms with Crippen molar-refractivity contribution in [3.8, 4) is 0 Å². The molecule has 0 aliphatic heterocycles. The summed E-state index contributed by atoms with van der Waals surface area (Å²) in [6.45, 7) is -0.136. The monoisotopic (exact) mass is 771 g/mol. The largest absolute Gasteiger partial charge is 0.460 e. The van der Waals surface area contributed by atoms with E-state index in [0.717, 1.165) is 6.92 Å². The fourth-order valence-corrected chi connectivity index (χ4v) is 4.29. The molecule has 0 unspecified atom stereocenters. The van der Waals surface area contributed by atoms with Crippen LogP contribution in [0.25, 0.3) is 0 Å². The summed E-state index contributed by atoms with van der Waals surface area (Å²) in [5, 5.41) is 0. The number of carbonyl (C=O) groups is 1. The Morgan fingerprint density at radius 2 is 0.915 bits per heavy atom. The number of halogens is 21. The second kappa shape index (κ2) is 12.6. The van der Waals surface area contributed by atoms with E-state index in [0.29, 0.717) is 0 Å². The van der Waals surface area contributed by atoms with Crippen LogP contribution < -0.4 is 4.72 Å². The molecule has 0 bridgehead atoms. The fourth-order valence-electron chi connectivity index (χ4n) is 3.16. The van der Waals surface area contributed by atoms with Gasteiger partial charge in [-0.25, -0.2) is 17.9 Å². The van der Waals surface area contributed by atoms with E-state index >= 15 is 0 Å². The van der Waals surface area contributed by atoms with Crippen LogP contribution in [0.2, 0.25) is 0 Å². The molecule has 0 aliphatic carbocycles. The van der Waals surface area contributed by atoms with Crippen LogP contribution in [0.15, 0.2) is 0 Å². The number of sulfonamides is 1. The zero-order chi connectivity index (χ0) is 38.5. The van der Waals surface area contributed by atoms with Crippen LogP contribution in [0.1, 0.15) is 19.8 Å². The first-order valence-corrected chi connectivity index (χ1v) is 13.2. The molecule has 0 amide bonds. The molecule has 0 rings (SSSR count). The minimum absolute atomic E-state index is 0.255. The standard InChI is InChI=1S/C19H20F21N2O4S/c1-9(43)46-42(2,3)7-4-6-41-47(44,45)8-5-10(20,21)11(22,23)12(24,25)13(26,27)14(28,29)15(30,31)16(32,33)17(34,35)18(36,37)19(38,39)40/h41H,4-8H2,1-3H3/q+1. The van der Waals surface area contributed by atoms with Gasteiger partial charge in [-0.2, -0.15) is 92.2 Å². The lowest BCUT2D eigenvalue weighted by Crippen LogP contribution is -2.76. The first kappa shape index (κ1) is 44.9. The van der Waals surface area contributed by atoms with Crippen LogP contribution in [-0.4, -0.2) is 111 Å². The van der Waals surface area contributed by atoms with Gasteiger partial charge in [0.05, 0.1) is 5.75 Å². The average molecular weight is 771 g/mol. The van der Waals surface area contributed by atoms with Crippen molar-refractivity contribution in [1.82, 2.24) is 4.72 Å². The lowest BCUT2D eigenvalue weighted by molar-refractivity contribution is -1.06. The molecule has 0 fully saturated rings. The number of carbonyl (C=O) groups excluding carboxylic acids is 1. The second-order valence-electron chi connectivity index (χ2n) is 9.99. The molecule has 1 N–H and O–H groups in total. The molecule has 0 spiro atoms. The predicted molar refractivity (Wildman–Crippen MR) is 110 cm³/mol. The lowest BCUT2D eigenvalue weighted by Gasteiger charge is -2.44. The van der Waals surface area contributed by atoms with Crippen LogP contribution in [0.3, 0.4) is 0 Å². The van der Waals surface area contributed by atoms with Gasteiger partial charge in [0, 0.05) is 26.3 Å². The van der Waals surface area contributed by atoms with Crippen molar-refractivity contribution in [3.05, 3.63) is 0 Å². The zero-order valence-corrected chi connectivity index (χ0v) is 23.8. The first-order valence-electron chi connectivity index (χ1n) is 11.6. The van der Waals surface area contributed by atoms with Gasteiger partial charge >= 0.3 is 65.4 Å². The Morgan fingerprint density at radius 1 is 0.596 bits per heavy atom. The molecular formula is C19H20F21N2O4S+. The highest BCUT2D eigenvalue weighted by molar-refractivity contribution is 7.89. The lowest BCUT2D eigenvalue weighted by atomic mass is 9.86. The van der Waals surface area contributed by atoms with Gasteiger partial charge in [-0.3, -0.25) is 4.84 Å². The Kier molecular flexibility index (Phi) is 12.1.